The summed E-state index contributed by atoms with van der Waals surface area (Å²) in [6.45, 7) is 6.28. The van der Waals surface area contributed by atoms with Crippen LogP contribution >= 0.6 is 0 Å². The van der Waals surface area contributed by atoms with Gasteiger partial charge in [0.1, 0.15) is 0 Å². The van der Waals surface area contributed by atoms with E-state index in [9.17, 15) is 0 Å². The summed E-state index contributed by atoms with van der Waals surface area (Å²) in [5.74, 6) is 0.406. The Labute approximate surface area is 102 Å². The molecule has 0 fully saturated rings. The number of hydroxylamine groups is 2. The molecule has 1 unspecified atom stereocenters. The van der Waals surface area contributed by atoms with Crippen LogP contribution in [-0.4, -0.2) is 18.1 Å². The van der Waals surface area contributed by atoms with Crippen LogP contribution in [0.2, 0.25) is 0 Å². The molecule has 1 aliphatic heterocycles. The highest BCUT2D eigenvalue weighted by atomic mass is 16.7. The summed E-state index contributed by atoms with van der Waals surface area (Å²) in [5.41, 5.74) is 5.92. The molecule has 0 amide bonds. The molecule has 0 aromatic heterocycles. The third kappa shape index (κ3) is 1.78. The van der Waals surface area contributed by atoms with E-state index >= 15 is 0 Å². The van der Waals surface area contributed by atoms with Crippen molar-refractivity contribution in [3.05, 3.63) is 35.9 Å². The predicted molar refractivity (Wildman–Crippen MR) is 68.0 cm³/mol. The van der Waals surface area contributed by atoms with E-state index in [-0.39, 0.29) is 5.41 Å². The largest absolute Gasteiger partial charge is 0.368 e. The summed E-state index contributed by atoms with van der Waals surface area (Å²) in [5, 5.41) is 1.53. The van der Waals surface area contributed by atoms with E-state index in [4.69, 9.17) is 10.6 Å². The van der Waals surface area contributed by atoms with Gasteiger partial charge in [0.25, 0.3) is 0 Å². The Morgan fingerprint density at radius 3 is 2.24 bits per heavy atom. The Morgan fingerprint density at radius 1 is 1.24 bits per heavy atom. The molecule has 4 heteroatoms. The van der Waals surface area contributed by atoms with Crippen LogP contribution in [0.4, 0.5) is 0 Å². The van der Waals surface area contributed by atoms with Crippen LogP contribution in [-0.2, 0) is 10.6 Å². The fourth-order valence-corrected chi connectivity index (χ4v) is 2.02. The molecule has 1 heterocycles. The molecule has 0 radical (unpaired) electrons. The molecule has 92 valence electrons. The summed E-state index contributed by atoms with van der Waals surface area (Å²) in [4.78, 5) is 10.5. The van der Waals surface area contributed by atoms with E-state index in [1.54, 1.807) is 7.05 Å². The van der Waals surface area contributed by atoms with Crippen molar-refractivity contribution < 1.29 is 4.84 Å². The fraction of sp³-hybridized carbons (Fsp3) is 0.462. The zero-order valence-electron chi connectivity index (χ0n) is 10.8. The molecule has 2 N–H and O–H groups in total. The van der Waals surface area contributed by atoms with Gasteiger partial charge in [-0.1, -0.05) is 51.1 Å². The summed E-state index contributed by atoms with van der Waals surface area (Å²) >= 11 is 0. The number of hydrogen-bond acceptors (Lipinski definition) is 4. The first-order valence-corrected chi connectivity index (χ1v) is 5.70. The third-order valence-electron chi connectivity index (χ3n) is 3.05. The normalized spacial score (nSPS) is 24.9. The Kier molecular flexibility index (Phi) is 2.62. The first kappa shape index (κ1) is 11.9. The minimum Gasteiger partial charge on any atom is -0.368 e. The van der Waals surface area contributed by atoms with Crippen molar-refractivity contribution >= 4 is 5.96 Å². The zero-order chi connectivity index (χ0) is 12.7. The number of nitrogens with zero attached hydrogens (tertiary/aromatic N) is 2. The second-order valence-corrected chi connectivity index (χ2v) is 5.32. The van der Waals surface area contributed by atoms with Gasteiger partial charge in [-0.3, -0.25) is 0 Å². The molecule has 0 saturated carbocycles. The van der Waals surface area contributed by atoms with Gasteiger partial charge < -0.3 is 5.73 Å². The minimum atomic E-state index is -0.743. The monoisotopic (exact) mass is 233 g/mol. The van der Waals surface area contributed by atoms with Crippen LogP contribution in [0.15, 0.2) is 35.3 Å². The summed E-state index contributed by atoms with van der Waals surface area (Å²) in [6, 6.07) is 9.97. The highest BCUT2D eigenvalue weighted by Crippen LogP contribution is 2.46. The Morgan fingerprint density at radius 2 is 1.82 bits per heavy atom. The number of benzene rings is 1. The van der Waals surface area contributed by atoms with Crippen LogP contribution in [0.5, 0.6) is 0 Å². The van der Waals surface area contributed by atoms with Crippen molar-refractivity contribution in [1.82, 2.24) is 5.06 Å². The lowest BCUT2D eigenvalue weighted by molar-refractivity contribution is -0.216. The maximum absolute atomic E-state index is 5.92. The first-order valence-electron chi connectivity index (χ1n) is 5.70. The van der Waals surface area contributed by atoms with Crippen molar-refractivity contribution in [3.63, 3.8) is 0 Å². The van der Waals surface area contributed by atoms with Crippen LogP contribution < -0.4 is 5.73 Å². The van der Waals surface area contributed by atoms with Gasteiger partial charge in [-0.15, -0.1) is 0 Å². The van der Waals surface area contributed by atoms with E-state index in [0.29, 0.717) is 5.96 Å². The maximum atomic E-state index is 5.92. The molecule has 1 aromatic rings. The second-order valence-electron chi connectivity index (χ2n) is 5.32. The van der Waals surface area contributed by atoms with Gasteiger partial charge in [0.15, 0.2) is 0 Å². The smallest absolute Gasteiger partial charge is 0.219 e. The molecule has 17 heavy (non-hydrogen) atoms. The summed E-state index contributed by atoms with van der Waals surface area (Å²) < 4.78 is 0. The third-order valence-corrected chi connectivity index (χ3v) is 3.05. The number of hydrogen-bond donors (Lipinski definition) is 1. The van der Waals surface area contributed by atoms with Crippen LogP contribution in [0.1, 0.15) is 26.3 Å². The molecule has 0 saturated heterocycles. The van der Waals surface area contributed by atoms with Crippen LogP contribution in [0, 0.1) is 5.41 Å². The van der Waals surface area contributed by atoms with Gasteiger partial charge >= 0.3 is 0 Å². The Bertz CT molecular complexity index is 436. The van der Waals surface area contributed by atoms with Gasteiger partial charge in [-0.2, -0.15) is 0 Å². The van der Waals surface area contributed by atoms with Crippen LogP contribution in [0.3, 0.4) is 0 Å². The minimum absolute atomic E-state index is 0.191. The number of aliphatic imine (C=N–C) groups is 1. The topological polar surface area (TPSA) is 50.8 Å². The van der Waals surface area contributed by atoms with Gasteiger partial charge in [-0.25, -0.2) is 14.9 Å². The standard InChI is InChI=1S/C13H19N3O/c1-12(2,3)13(10-8-6-5-7-9-10)15-11(14)16(4)17-13/h5-9H,1-4H3,(H2,14,15). The van der Waals surface area contributed by atoms with E-state index < -0.39 is 5.72 Å². The molecule has 0 bridgehead atoms. The van der Waals surface area contributed by atoms with Crippen LogP contribution in [0.25, 0.3) is 0 Å². The molecule has 1 atom stereocenters. The quantitative estimate of drug-likeness (QED) is 0.808. The highest BCUT2D eigenvalue weighted by molar-refractivity contribution is 5.78. The first-order chi connectivity index (χ1) is 7.87. The second kappa shape index (κ2) is 3.74. The molecule has 4 nitrogen and oxygen atoms in total. The SMILES string of the molecule is CN1OC(c2ccccc2)(C(C)(C)C)N=C1N. The van der Waals surface area contributed by atoms with Gasteiger partial charge in [0.05, 0.1) is 0 Å². The lowest BCUT2D eigenvalue weighted by Crippen LogP contribution is -2.40. The van der Waals surface area contributed by atoms with Crippen molar-refractivity contribution in [1.29, 1.82) is 0 Å². The predicted octanol–water partition coefficient (Wildman–Crippen LogP) is 2.08. The average molecular weight is 233 g/mol. The summed E-state index contributed by atoms with van der Waals surface area (Å²) in [7, 11) is 1.77. The highest BCUT2D eigenvalue weighted by Gasteiger charge is 2.50. The van der Waals surface area contributed by atoms with Crippen molar-refractivity contribution in [3.8, 4) is 0 Å². The number of guanidine groups is 1. The molecular weight excluding hydrogens is 214 g/mol. The van der Waals surface area contributed by atoms with E-state index in [1.807, 2.05) is 30.3 Å². The van der Waals surface area contributed by atoms with Gasteiger partial charge in [-0.05, 0) is 0 Å². The molecule has 2 rings (SSSR count). The molecule has 1 aromatic carbocycles. The maximum Gasteiger partial charge on any atom is 0.219 e. The number of rotatable bonds is 1. The zero-order valence-corrected chi connectivity index (χ0v) is 10.8. The number of nitrogens with two attached hydrogens (primary N) is 1. The Hall–Kier alpha value is -1.55. The average Bonchev–Trinajstić information content (AvgIpc) is 2.57. The lowest BCUT2D eigenvalue weighted by Gasteiger charge is -2.38. The lowest BCUT2D eigenvalue weighted by atomic mass is 9.79. The van der Waals surface area contributed by atoms with E-state index in [0.717, 1.165) is 5.56 Å². The molecule has 1 aliphatic rings. The van der Waals surface area contributed by atoms with E-state index in [2.05, 4.69) is 25.8 Å². The molecular formula is C13H19N3O. The van der Waals surface area contributed by atoms with E-state index in [1.165, 1.54) is 5.06 Å². The van der Waals surface area contributed by atoms with Crippen molar-refractivity contribution in [2.45, 2.75) is 26.5 Å². The molecule has 0 spiro atoms. The van der Waals surface area contributed by atoms with Gasteiger partial charge in [0.2, 0.25) is 11.7 Å². The molecule has 0 aliphatic carbocycles. The van der Waals surface area contributed by atoms with Gasteiger partial charge in [0, 0.05) is 18.0 Å². The fourth-order valence-electron chi connectivity index (χ4n) is 2.02. The van der Waals surface area contributed by atoms with Crippen molar-refractivity contribution in [2.24, 2.45) is 16.1 Å². The Balaban J connectivity index is 2.56. The summed E-state index contributed by atoms with van der Waals surface area (Å²) in [6.07, 6.45) is 0. The van der Waals surface area contributed by atoms with Crippen molar-refractivity contribution in [2.75, 3.05) is 7.05 Å².